The van der Waals surface area contributed by atoms with Gasteiger partial charge in [0.15, 0.2) is 0 Å². The summed E-state index contributed by atoms with van der Waals surface area (Å²) < 4.78 is 0. The Kier molecular flexibility index (Phi) is 2.65. The van der Waals surface area contributed by atoms with E-state index in [4.69, 9.17) is 0 Å². The maximum absolute atomic E-state index is 3.00. The van der Waals surface area contributed by atoms with Crippen molar-refractivity contribution in [3.05, 3.63) is 13.2 Å². The predicted octanol–water partition coefficient (Wildman–Crippen LogP) is 3.88. The Morgan fingerprint density at radius 2 is 1.42 bits per heavy atom. The summed E-state index contributed by atoms with van der Waals surface area (Å²) in [6.07, 6.45) is 4.55. The van der Waals surface area contributed by atoms with Crippen molar-refractivity contribution in [1.29, 1.82) is 0 Å². The summed E-state index contributed by atoms with van der Waals surface area (Å²) >= 11 is 0. The minimum Gasteiger partial charge on any atom is -0.106 e. The van der Waals surface area contributed by atoms with Gasteiger partial charge in [-0.15, -0.1) is 13.2 Å². The highest BCUT2D eigenvalue weighted by molar-refractivity contribution is 5.01. The molecular formula is C12H22. The zero-order chi connectivity index (χ0) is 9.35. The van der Waals surface area contributed by atoms with Crippen molar-refractivity contribution in [2.24, 2.45) is 23.2 Å². The van der Waals surface area contributed by atoms with Crippen LogP contribution in [0.3, 0.4) is 0 Å². The lowest BCUT2D eigenvalue weighted by Crippen LogP contribution is -2.50. The maximum atomic E-state index is 3.00. The summed E-state index contributed by atoms with van der Waals surface area (Å²) in [5.74, 6) is 3.17. The van der Waals surface area contributed by atoms with E-state index in [1.807, 2.05) is 0 Å². The molecule has 0 radical (unpaired) electrons. The normalized spacial score (nSPS) is 42.1. The van der Waals surface area contributed by atoms with E-state index in [1.54, 1.807) is 0 Å². The van der Waals surface area contributed by atoms with E-state index in [0.29, 0.717) is 5.41 Å². The molecule has 2 atom stereocenters. The minimum atomic E-state index is 0.715. The summed E-state index contributed by atoms with van der Waals surface area (Å²) in [6, 6.07) is 0. The lowest BCUT2D eigenvalue weighted by atomic mass is 9.47. The molecule has 0 aromatic carbocycles. The molecule has 0 saturated heterocycles. The average molecular weight is 166 g/mol. The minimum absolute atomic E-state index is 0.715. The highest BCUT2D eigenvalue weighted by Gasteiger charge is 2.51. The van der Waals surface area contributed by atoms with E-state index >= 15 is 0 Å². The highest BCUT2D eigenvalue weighted by atomic mass is 14.6. The van der Waals surface area contributed by atoms with Gasteiger partial charge in [-0.2, -0.15) is 0 Å². The van der Waals surface area contributed by atoms with E-state index in [2.05, 4.69) is 33.9 Å². The van der Waals surface area contributed by atoms with Gasteiger partial charge in [0.1, 0.15) is 0 Å². The molecule has 0 aromatic heterocycles. The molecule has 0 spiro atoms. The fourth-order valence-electron chi connectivity index (χ4n) is 2.99. The standard InChI is InChI=1S/C10H18.C2H4/c1-7-4-8-6-9(5-7)10(8,2)3;1-2/h7-9H,4-6H2,1-3H3;1-2H2. The first-order valence-corrected chi connectivity index (χ1v) is 5.10. The van der Waals surface area contributed by atoms with Crippen LogP contribution in [0, 0.1) is 23.2 Å². The van der Waals surface area contributed by atoms with Crippen LogP contribution in [0.15, 0.2) is 13.2 Å². The lowest BCUT2D eigenvalue weighted by Gasteiger charge is -2.58. The Labute approximate surface area is 77.1 Å². The van der Waals surface area contributed by atoms with Crippen LogP contribution < -0.4 is 0 Å². The summed E-state index contributed by atoms with van der Waals surface area (Å²) in [5.41, 5.74) is 0.715. The van der Waals surface area contributed by atoms with Gasteiger partial charge in [0.05, 0.1) is 0 Å². The lowest BCUT2D eigenvalue weighted by molar-refractivity contribution is -0.0860. The Balaban J connectivity index is 0.000000336. The monoisotopic (exact) mass is 166 g/mol. The van der Waals surface area contributed by atoms with Gasteiger partial charge in [-0.05, 0) is 42.4 Å². The Morgan fingerprint density at radius 3 is 1.67 bits per heavy atom. The molecule has 0 aromatic rings. The average Bonchev–Trinajstić information content (AvgIpc) is 2.08. The topological polar surface area (TPSA) is 0 Å². The smallest absolute Gasteiger partial charge is 0.0297 e. The molecule has 0 heteroatoms. The summed E-state index contributed by atoms with van der Waals surface area (Å²) in [7, 11) is 0. The quantitative estimate of drug-likeness (QED) is 0.479. The van der Waals surface area contributed by atoms with E-state index < -0.39 is 0 Å². The van der Waals surface area contributed by atoms with Crippen LogP contribution in [0.25, 0.3) is 0 Å². The van der Waals surface area contributed by atoms with Crippen molar-refractivity contribution in [2.45, 2.75) is 40.0 Å². The van der Waals surface area contributed by atoms with Crippen molar-refractivity contribution < 1.29 is 0 Å². The number of rotatable bonds is 0. The van der Waals surface area contributed by atoms with Gasteiger partial charge in [-0.1, -0.05) is 20.8 Å². The Bertz CT molecular complexity index is 143. The molecule has 3 fully saturated rings. The second kappa shape index (κ2) is 3.24. The molecule has 12 heavy (non-hydrogen) atoms. The van der Waals surface area contributed by atoms with Crippen LogP contribution >= 0.6 is 0 Å². The first-order valence-electron chi connectivity index (χ1n) is 5.10. The molecule has 0 aliphatic heterocycles. The summed E-state index contributed by atoms with van der Waals surface area (Å²) in [6.45, 7) is 13.3. The zero-order valence-corrected chi connectivity index (χ0v) is 8.77. The molecule has 0 N–H and O–H groups in total. The summed E-state index contributed by atoms with van der Waals surface area (Å²) in [4.78, 5) is 0. The zero-order valence-electron chi connectivity index (χ0n) is 8.77. The van der Waals surface area contributed by atoms with Crippen LogP contribution in [0.1, 0.15) is 40.0 Å². The molecule has 2 unspecified atom stereocenters. The molecule has 0 heterocycles. The Hall–Kier alpha value is -0.260. The molecule has 3 aliphatic rings. The van der Waals surface area contributed by atoms with E-state index in [1.165, 1.54) is 19.3 Å². The number of hydrogen-bond donors (Lipinski definition) is 0. The molecule has 3 rings (SSSR count). The van der Waals surface area contributed by atoms with E-state index in [-0.39, 0.29) is 0 Å². The summed E-state index contributed by atoms with van der Waals surface area (Å²) in [5, 5.41) is 0. The molecule has 3 aliphatic carbocycles. The fraction of sp³-hybridized carbons (Fsp3) is 0.833. The van der Waals surface area contributed by atoms with Crippen molar-refractivity contribution in [2.75, 3.05) is 0 Å². The van der Waals surface area contributed by atoms with Gasteiger partial charge in [0, 0.05) is 0 Å². The third-order valence-electron chi connectivity index (χ3n) is 4.05. The van der Waals surface area contributed by atoms with Gasteiger partial charge >= 0.3 is 0 Å². The fourth-order valence-corrected chi connectivity index (χ4v) is 2.99. The Morgan fingerprint density at radius 1 is 1.00 bits per heavy atom. The van der Waals surface area contributed by atoms with Crippen LogP contribution in [-0.4, -0.2) is 0 Å². The molecular weight excluding hydrogens is 144 g/mol. The third-order valence-corrected chi connectivity index (χ3v) is 4.05. The molecule has 3 saturated carbocycles. The van der Waals surface area contributed by atoms with Crippen molar-refractivity contribution >= 4 is 0 Å². The van der Waals surface area contributed by atoms with Gasteiger partial charge in [0.2, 0.25) is 0 Å². The van der Waals surface area contributed by atoms with E-state index in [9.17, 15) is 0 Å². The van der Waals surface area contributed by atoms with Crippen LogP contribution in [0.4, 0.5) is 0 Å². The molecule has 0 nitrogen and oxygen atoms in total. The number of hydrogen-bond acceptors (Lipinski definition) is 0. The molecule has 70 valence electrons. The maximum Gasteiger partial charge on any atom is -0.0297 e. The highest BCUT2D eigenvalue weighted by Crippen LogP contribution is 2.60. The van der Waals surface area contributed by atoms with Crippen molar-refractivity contribution in [3.8, 4) is 0 Å². The van der Waals surface area contributed by atoms with E-state index in [0.717, 1.165) is 17.8 Å². The largest absolute Gasteiger partial charge is 0.106 e. The predicted molar refractivity (Wildman–Crippen MR) is 55.0 cm³/mol. The van der Waals surface area contributed by atoms with Crippen LogP contribution in [0.5, 0.6) is 0 Å². The molecule has 2 bridgehead atoms. The second-order valence-electron chi connectivity index (χ2n) is 5.03. The van der Waals surface area contributed by atoms with Crippen molar-refractivity contribution in [1.82, 2.24) is 0 Å². The van der Waals surface area contributed by atoms with Crippen LogP contribution in [0.2, 0.25) is 0 Å². The second-order valence-corrected chi connectivity index (χ2v) is 5.03. The van der Waals surface area contributed by atoms with Gasteiger partial charge in [0.25, 0.3) is 0 Å². The molecule has 0 amide bonds. The third kappa shape index (κ3) is 1.32. The van der Waals surface area contributed by atoms with Crippen LogP contribution in [-0.2, 0) is 0 Å². The van der Waals surface area contributed by atoms with Crippen molar-refractivity contribution in [3.63, 3.8) is 0 Å². The van der Waals surface area contributed by atoms with Gasteiger partial charge in [-0.3, -0.25) is 0 Å². The van der Waals surface area contributed by atoms with Gasteiger partial charge < -0.3 is 0 Å². The van der Waals surface area contributed by atoms with Gasteiger partial charge in [-0.25, -0.2) is 0 Å². The SMILES string of the molecule is C=C.CC1CC2CC(C1)C2(C)C. The first kappa shape index (κ1) is 9.83. The first-order chi connectivity index (χ1) is 5.60. The number of fused-ring (bicyclic) bond motifs is 2.